The van der Waals surface area contributed by atoms with Gasteiger partial charge in [-0.25, -0.2) is 19.9 Å². The molecule has 0 unspecified atom stereocenters. The maximum absolute atomic E-state index is 6.72. The molecule has 0 radical (unpaired) electrons. The smallest absolute Gasteiger partial charge is 0.164 e. The van der Waals surface area contributed by atoms with E-state index in [1.54, 1.807) is 0 Å². The molecule has 0 N–H and O–H groups in total. The number of benzene rings is 7. The Kier molecular flexibility index (Phi) is 6.74. The fraction of sp³-hybridized carbons (Fsp3) is 0. The molecule has 0 saturated carbocycles. The third-order valence-corrected chi connectivity index (χ3v) is 9.50. The number of para-hydroxylation sites is 1. The maximum Gasteiger partial charge on any atom is 0.164 e. The highest BCUT2D eigenvalue weighted by molar-refractivity contribution is 6.24. The van der Waals surface area contributed by atoms with Crippen molar-refractivity contribution in [2.75, 3.05) is 0 Å². The molecule has 0 aliphatic heterocycles. The minimum Gasteiger partial charge on any atom is -0.455 e. The second-order valence-corrected chi connectivity index (χ2v) is 12.6. The Balaban J connectivity index is 1.17. The summed E-state index contributed by atoms with van der Waals surface area (Å²) in [5.41, 5.74) is 9.57. The van der Waals surface area contributed by atoms with Crippen LogP contribution in [0.25, 0.3) is 100 Å². The van der Waals surface area contributed by atoms with Gasteiger partial charge in [-0.3, -0.25) is 0 Å². The zero-order valence-electron chi connectivity index (χ0n) is 27.4. The summed E-state index contributed by atoms with van der Waals surface area (Å²) in [5, 5.41) is 5.20. The van der Waals surface area contributed by atoms with Crippen LogP contribution in [0.15, 0.2) is 174 Å². The minimum atomic E-state index is 0.599. The average Bonchev–Trinajstić information content (AvgIpc) is 3.59. The first kappa shape index (κ1) is 29.0. The normalized spacial score (nSPS) is 11.5. The summed E-state index contributed by atoms with van der Waals surface area (Å²) in [6.45, 7) is 0. The fourth-order valence-electron chi connectivity index (χ4n) is 7.04. The Morgan fingerprint density at radius 3 is 1.65 bits per heavy atom. The molecule has 0 bridgehead atoms. The molecular formula is C46H28N4O. The van der Waals surface area contributed by atoms with Crippen molar-refractivity contribution in [2.24, 2.45) is 0 Å². The van der Waals surface area contributed by atoms with Crippen LogP contribution < -0.4 is 0 Å². The zero-order chi connectivity index (χ0) is 33.7. The second-order valence-electron chi connectivity index (χ2n) is 12.6. The molecule has 0 atom stereocenters. The largest absolute Gasteiger partial charge is 0.455 e. The zero-order valence-corrected chi connectivity index (χ0v) is 27.4. The second kappa shape index (κ2) is 11.9. The van der Waals surface area contributed by atoms with E-state index in [2.05, 4.69) is 109 Å². The number of rotatable bonds is 5. The number of furan rings is 1. The summed E-state index contributed by atoms with van der Waals surface area (Å²) >= 11 is 0. The molecular weight excluding hydrogens is 625 g/mol. The van der Waals surface area contributed by atoms with Gasteiger partial charge in [-0.2, -0.15) is 0 Å². The van der Waals surface area contributed by atoms with Gasteiger partial charge in [0, 0.05) is 49.2 Å². The molecule has 0 saturated heterocycles. The first-order chi connectivity index (χ1) is 25.3. The molecule has 238 valence electrons. The van der Waals surface area contributed by atoms with Crippen molar-refractivity contribution < 1.29 is 4.42 Å². The number of aromatic nitrogens is 4. The van der Waals surface area contributed by atoms with Crippen LogP contribution in [0.2, 0.25) is 0 Å². The standard InChI is InChI=1S/C46H28N4O/c1-4-13-29(14-5-1)32-19-12-20-33(27-32)45-48-44(31-17-8-3-9-18-31)49-46(50-45)34-23-26-40-38(28-34)35-24-25-37-41(43(35)51-40)36-21-10-11-22-39(36)47-42(37)30-15-6-2-7-16-30/h1-28H. The summed E-state index contributed by atoms with van der Waals surface area (Å²) in [5.74, 6) is 1.84. The molecule has 10 aromatic rings. The van der Waals surface area contributed by atoms with E-state index < -0.39 is 0 Å². The Bertz CT molecular complexity index is 2900. The molecule has 0 amide bonds. The molecule has 51 heavy (non-hydrogen) atoms. The summed E-state index contributed by atoms with van der Waals surface area (Å²) in [6.07, 6.45) is 0. The monoisotopic (exact) mass is 652 g/mol. The highest BCUT2D eigenvalue weighted by Crippen LogP contribution is 2.41. The third-order valence-electron chi connectivity index (χ3n) is 9.50. The molecule has 10 rings (SSSR count). The summed E-state index contributed by atoms with van der Waals surface area (Å²) < 4.78 is 6.72. The van der Waals surface area contributed by atoms with Crippen molar-refractivity contribution in [1.82, 2.24) is 19.9 Å². The number of hydrogen-bond donors (Lipinski definition) is 0. The van der Waals surface area contributed by atoms with E-state index in [0.29, 0.717) is 17.5 Å². The van der Waals surface area contributed by atoms with Crippen molar-refractivity contribution in [3.8, 4) is 56.5 Å². The van der Waals surface area contributed by atoms with Gasteiger partial charge in [0.25, 0.3) is 0 Å². The summed E-state index contributed by atoms with van der Waals surface area (Å²) in [7, 11) is 0. The van der Waals surface area contributed by atoms with E-state index in [1.807, 2.05) is 60.7 Å². The van der Waals surface area contributed by atoms with Crippen LogP contribution in [0.5, 0.6) is 0 Å². The van der Waals surface area contributed by atoms with Gasteiger partial charge in [-0.15, -0.1) is 0 Å². The lowest BCUT2D eigenvalue weighted by atomic mass is 9.97. The molecule has 5 heteroatoms. The van der Waals surface area contributed by atoms with Gasteiger partial charge >= 0.3 is 0 Å². The van der Waals surface area contributed by atoms with Gasteiger partial charge in [0.2, 0.25) is 0 Å². The molecule has 7 aromatic carbocycles. The third kappa shape index (κ3) is 5.03. The Hall–Kier alpha value is -6.98. The van der Waals surface area contributed by atoms with E-state index in [-0.39, 0.29) is 0 Å². The van der Waals surface area contributed by atoms with Gasteiger partial charge in [0.15, 0.2) is 17.5 Å². The van der Waals surface area contributed by atoms with Crippen molar-refractivity contribution >= 4 is 43.6 Å². The Morgan fingerprint density at radius 2 is 0.902 bits per heavy atom. The van der Waals surface area contributed by atoms with Crippen LogP contribution in [-0.4, -0.2) is 19.9 Å². The van der Waals surface area contributed by atoms with Crippen LogP contribution in [0.4, 0.5) is 0 Å². The lowest BCUT2D eigenvalue weighted by Crippen LogP contribution is -2.00. The van der Waals surface area contributed by atoms with E-state index in [9.17, 15) is 0 Å². The van der Waals surface area contributed by atoms with Gasteiger partial charge in [0.1, 0.15) is 11.2 Å². The van der Waals surface area contributed by atoms with Gasteiger partial charge in [-0.05, 0) is 47.5 Å². The maximum atomic E-state index is 6.72. The van der Waals surface area contributed by atoms with Crippen molar-refractivity contribution in [1.29, 1.82) is 0 Å². The van der Waals surface area contributed by atoms with E-state index in [4.69, 9.17) is 24.4 Å². The molecule has 5 nitrogen and oxygen atoms in total. The number of pyridine rings is 1. The van der Waals surface area contributed by atoms with Gasteiger partial charge in [0.05, 0.1) is 11.2 Å². The fourth-order valence-corrected chi connectivity index (χ4v) is 7.04. The Labute approximate surface area is 293 Å². The van der Waals surface area contributed by atoms with Crippen LogP contribution in [0.1, 0.15) is 0 Å². The number of hydrogen-bond acceptors (Lipinski definition) is 5. The quantitative estimate of drug-likeness (QED) is 0.173. The van der Waals surface area contributed by atoms with Crippen molar-refractivity contribution in [3.63, 3.8) is 0 Å². The predicted octanol–water partition coefficient (Wildman–Crippen LogP) is 11.8. The van der Waals surface area contributed by atoms with Crippen LogP contribution in [0.3, 0.4) is 0 Å². The van der Waals surface area contributed by atoms with Crippen molar-refractivity contribution in [2.45, 2.75) is 0 Å². The lowest BCUT2D eigenvalue weighted by molar-refractivity contribution is 0.673. The molecule has 3 aromatic heterocycles. The van der Waals surface area contributed by atoms with E-state index in [1.165, 1.54) is 0 Å². The van der Waals surface area contributed by atoms with Gasteiger partial charge < -0.3 is 4.42 Å². The SMILES string of the molecule is c1ccc(-c2cccc(-c3nc(-c4ccccc4)nc(-c4ccc5oc6c(ccc7c(-c8ccccc8)nc8ccccc8c76)c5c4)n3)c2)cc1. The summed E-state index contributed by atoms with van der Waals surface area (Å²) in [4.78, 5) is 20.2. The van der Waals surface area contributed by atoms with Gasteiger partial charge in [-0.1, -0.05) is 133 Å². The van der Waals surface area contributed by atoms with Crippen LogP contribution >= 0.6 is 0 Å². The number of nitrogens with zero attached hydrogens (tertiary/aromatic N) is 4. The summed E-state index contributed by atoms with van der Waals surface area (Å²) in [6, 6.07) is 58.0. The molecule has 0 spiro atoms. The number of fused-ring (bicyclic) bond motifs is 7. The molecule has 3 heterocycles. The van der Waals surface area contributed by atoms with E-state index >= 15 is 0 Å². The first-order valence-electron chi connectivity index (χ1n) is 17.0. The highest BCUT2D eigenvalue weighted by atomic mass is 16.3. The molecule has 0 aliphatic rings. The van der Waals surface area contributed by atoms with Crippen LogP contribution in [-0.2, 0) is 0 Å². The molecule has 0 aliphatic carbocycles. The first-order valence-corrected chi connectivity index (χ1v) is 17.0. The predicted molar refractivity (Wildman–Crippen MR) is 207 cm³/mol. The minimum absolute atomic E-state index is 0.599. The Morgan fingerprint density at radius 1 is 0.333 bits per heavy atom. The average molecular weight is 653 g/mol. The van der Waals surface area contributed by atoms with Crippen molar-refractivity contribution in [3.05, 3.63) is 170 Å². The molecule has 0 fully saturated rings. The lowest BCUT2D eigenvalue weighted by Gasteiger charge is -2.10. The van der Waals surface area contributed by atoms with Crippen LogP contribution in [0, 0.1) is 0 Å². The topological polar surface area (TPSA) is 64.7 Å². The van der Waals surface area contributed by atoms with E-state index in [0.717, 1.165) is 82.7 Å². The highest BCUT2D eigenvalue weighted by Gasteiger charge is 2.19.